The molecule has 0 aliphatic heterocycles. The Hall–Kier alpha value is -2.09. The van der Waals surface area contributed by atoms with Gasteiger partial charge in [0.25, 0.3) is 0 Å². The van der Waals surface area contributed by atoms with Crippen LogP contribution in [0.4, 0.5) is 10.1 Å². The third-order valence-electron chi connectivity index (χ3n) is 2.74. The summed E-state index contributed by atoms with van der Waals surface area (Å²) < 4.78 is 13.1. The van der Waals surface area contributed by atoms with Crippen LogP contribution in [0.25, 0.3) is 0 Å². The number of nitrogens with one attached hydrogen (secondary N) is 1. The molecule has 108 valence electrons. The lowest BCUT2D eigenvalue weighted by Gasteiger charge is -2.27. The smallest absolute Gasteiger partial charge is 0.305 e. The Bertz CT molecular complexity index is 530. The Morgan fingerprint density at radius 1 is 1.50 bits per heavy atom. The van der Waals surface area contributed by atoms with Crippen molar-refractivity contribution in [3.8, 4) is 6.07 Å². The molecule has 0 saturated heterocycles. The summed E-state index contributed by atoms with van der Waals surface area (Å²) in [5.41, 5.74) is 0.582. The number of carboxylic acid groups (broad SMARTS) is 1. The van der Waals surface area contributed by atoms with Crippen molar-refractivity contribution < 1.29 is 14.3 Å². The molecule has 0 aromatic heterocycles. The van der Waals surface area contributed by atoms with Crippen molar-refractivity contribution in [2.75, 3.05) is 5.32 Å². The lowest BCUT2D eigenvalue weighted by Crippen LogP contribution is -2.28. The topological polar surface area (TPSA) is 73.1 Å². The van der Waals surface area contributed by atoms with Gasteiger partial charge in [-0.15, -0.1) is 0 Å². The fourth-order valence-electron chi connectivity index (χ4n) is 2.08. The molecule has 0 amide bonds. The number of benzene rings is 1. The monoisotopic (exact) mass is 278 g/mol. The zero-order valence-corrected chi connectivity index (χ0v) is 11.9. The molecule has 1 unspecified atom stereocenters. The lowest BCUT2D eigenvalue weighted by molar-refractivity contribution is -0.137. The molecule has 0 radical (unpaired) electrons. The normalized spacial score (nSPS) is 12.6. The Morgan fingerprint density at radius 3 is 2.65 bits per heavy atom. The molecular weight excluding hydrogens is 259 g/mol. The summed E-state index contributed by atoms with van der Waals surface area (Å²) in [5.74, 6) is -1.40. The highest BCUT2D eigenvalue weighted by Gasteiger charge is 2.22. The Balaban J connectivity index is 2.95. The average molecular weight is 278 g/mol. The van der Waals surface area contributed by atoms with Crippen LogP contribution in [0.2, 0.25) is 0 Å². The number of carboxylic acids is 1. The SMILES string of the molecule is CC(C)(C)CC(CC(=O)O)Nc1ccc(F)cc1C#N. The fraction of sp³-hybridized carbons (Fsp3) is 0.467. The van der Waals surface area contributed by atoms with E-state index in [4.69, 9.17) is 10.4 Å². The van der Waals surface area contributed by atoms with Crippen molar-refractivity contribution in [2.24, 2.45) is 5.41 Å². The van der Waals surface area contributed by atoms with Crippen LogP contribution in [0.5, 0.6) is 0 Å². The van der Waals surface area contributed by atoms with Crippen molar-refractivity contribution in [1.29, 1.82) is 5.26 Å². The molecule has 4 nitrogen and oxygen atoms in total. The maximum atomic E-state index is 13.1. The van der Waals surface area contributed by atoms with E-state index in [1.54, 1.807) is 0 Å². The van der Waals surface area contributed by atoms with Gasteiger partial charge in [0.15, 0.2) is 0 Å². The number of hydrogen-bond acceptors (Lipinski definition) is 3. The minimum Gasteiger partial charge on any atom is -0.481 e. The third kappa shape index (κ3) is 5.27. The molecule has 0 aliphatic rings. The van der Waals surface area contributed by atoms with Gasteiger partial charge >= 0.3 is 5.97 Å². The highest BCUT2D eigenvalue weighted by molar-refractivity contribution is 5.69. The first-order chi connectivity index (χ1) is 9.21. The maximum absolute atomic E-state index is 13.1. The Morgan fingerprint density at radius 2 is 2.15 bits per heavy atom. The predicted molar refractivity (Wildman–Crippen MR) is 74.9 cm³/mol. The van der Waals surface area contributed by atoms with E-state index in [0.29, 0.717) is 12.1 Å². The molecule has 1 aromatic rings. The molecule has 1 rings (SSSR count). The summed E-state index contributed by atoms with van der Waals surface area (Å²) in [6.45, 7) is 6.04. The van der Waals surface area contributed by atoms with Gasteiger partial charge in [0.2, 0.25) is 0 Å². The van der Waals surface area contributed by atoms with E-state index in [0.717, 1.165) is 6.07 Å². The number of nitrogens with zero attached hydrogens (tertiary/aromatic N) is 1. The van der Waals surface area contributed by atoms with Gasteiger partial charge in [0, 0.05) is 6.04 Å². The van der Waals surface area contributed by atoms with Gasteiger partial charge in [0.1, 0.15) is 11.9 Å². The van der Waals surface area contributed by atoms with Crippen molar-refractivity contribution in [3.05, 3.63) is 29.6 Å². The molecule has 1 aromatic carbocycles. The molecular formula is C15H19FN2O2. The van der Waals surface area contributed by atoms with Gasteiger partial charge in [-0.25, -0.2) is 4.39 Å². The molecule has 0 aliphatic carbocycles. The molecule has 5 heteroatoms. The van der Waals surface area contributed by atoms with E-state index in [9.17, 15) is 9.18 Å². The summed E-state index contributed by atoms with van der Waals surface area (Å²) in [5, 5.41) is 21.0. The molecule has 0 fully saturated rings. The fourth-order valence-corrected chi connectivity index (χ4v) is 2.08. The van der Waals surface area contributed by atoms with Crippen molar-refractivity contribution in [2.45, 2.75) is 39.7 Å². The first kappa shape index (κ1) is 16.0. The third-order valence-corrected chi connectivity index (χ3v) is 2.74. The van der Waals surface area contributed by atoms with E-state index in [1.807, 2.05) is 26.8 Å². The van der Waals surface area contributed by atoms with Gasteiger partial charge < -0.3 is 10.4 Å². The predicted octanol–water partition coefficient (Wildman–Crippen LogP) is 3.39. The zero-order chi connectivity index (χ0) is 15.3. The van der Waals surface area contributed by atoms with Crippen LogP contribution in [-0.2, 0) is 4.79 Å². The number of rotatable bonds is 5. The molecule has 1 atom stereocenters. The van der Waals surface area contributed by atoms with E-state index in [-0.39, 0.29) is 23.4 Å². The molecule has 0 spiro atoms. The Kier molecular flexibility index (Phi) is 5.09. The van der Waals surface area contributed by atoms with Crippen molar-refractivity contribution in [3.63, 3.8) is 0 Å². The zero-order valence-electron chi connectivity index (χ0n) is 11.9. The lowest BCUT2D eigenvalue weighted by atomic mass is 9.87. The van der Waals surface area contributed by atoms with E-state index < -0.39 is 11.8 Å². The van der Waals surface area contributed by atoms with Crippen molar-refractivity contribution >= 4 is 11.7 Å². The van der Waals surface area contributed by atoms with Gasteiger partial charge in [-0.3, -0.25) is 4.79 Å². The minimum absolute atomic E-state index is 0.0556. The number of anilines is 1. The van der Waals surface area contributed by atoms with Crippen LogP contribution in [-0.4, -0.2) is 17.1 Å². The highest BCUT2D eigenvalue weighted by atomic mass is 19.1. The van der Waals surface area contributed by atoms with Crippen LogP contribution in [0.15, 0.2) is 18.2 Å². The molecule has 0 saturated carbocycles. The highest BCUT2D eigenvalue weighted by Crippen LogP contribution is 2.26. The number of hydrogen-bond donors (Lipinski definition) is 2. The van der Waals surface area contributed by atoms with Crippen molar-refractivity contribution in [1.82, 2.24) is 0 Å². The standard InChI is InChI=1S/C15H19FN2O2/c1-15(2,3)8-12(7-14(19)20)18-13-5-4-11(16)6-10(13)9-17/h4-6,12,18H,7-8H2,1-3H3,(H,19,20). The number of halogens is 1. The second-order valence-electron chi connectivity index (χ2n) is 6.01. The number of carbonyl (C=O) groups is 1. The molecule has 20 heavy (non-hydrogen) atoms. The van der Waals surface area contributed by atoms with E-state index in [2.05, 4.69) is 5.32 Å². The summed E-state index contributed by atoms with van der Waals surface area (Å²) in [6.07, 6.45) is 0.570. The van der Waals surface area contributed by atoms with Crippen LogP contribution >= 0.6 is 0 Å². The van der Waals surface area contributed by atoms with Gasteiger partial charge in [0.05, 0.1) is 17.7 Å². The largest absolute Gasteiger partial charge is 0.481 e. The minimum atomic E-state index is -0.910. The van der Waals surface area contributed by atoms with Gasteiger partial charge in [-0.2, -0.15) is 5.26 Å². The average Bonchev–Trinajstić information content (AvgIpc) is 2.28. The summed E-state index contributed by atoms with van der Waals surface area (Å²) in [4.78, 5) is 10.9. The molecule has 2 N–H and O–H groups in total. The van der Waals surface area contributed by atoms with E-state index >= 15 is 0 Å². The second kappa shape index (κ2) is 6.38. The maximum Gasteiger partial charge on any atom is 0.305 e. The summed E-state index contributed by atoms with van der Waals surface area (Å²) in [6, 6.07) is 5.44. The van der Waals surface area contributed by atoms with Gasteiger partial charge in [-0.05, 0) is 30.0 Å². The van der Waals surface area contributed by atoms with Crippen LogP contribution < -0.4 is 5.32 Å². The van der Waals surface area contributed by atoms with E-state index in [1.165, 1.54) is 12.1 Å². The summed E-state index contributed by atoms with van der Waals surface area (Å²) in [7, 11) is 0. The van der Waals surface area contributed by atoms with Crippen LogP contribution in [0.1, 0.15) is 39.2 Å². The van der Waals surface area contributed by atoms with Gasteiger partial charge in [-0.1, -0.05) is 20.8 Å². The molecule has 0 bridgehead atoms. The first-order valence-electron chi connectivity index (χ1n) is 6.39. The van der Waals surface area contributed by atoms with Crippen LogP contribution in [0.3, 0.4) is 0 Å². The summed E-state index contributed by atoms with van der Waals surface area (Å²) >= 11 is 0. The second-order valence-corrected chi connectivity index (χ2v) is 6.01. The number of aliphatic carboxylic acids is 1. The number of nitriles is 1. The molecule has 0 heterocycles. The van der Waals surface area contributed by atoms with Crippen LogP contribution in [0, 0.1) is 22.6 Å². The first-order valence-corrected chi connectivity index (χ1v) is 6.39. The quantitative estimate of drug-likeness (QED) is 0.865. The Labute approximate surface area is 118 Å².